The molecule has 0 saturated heterocycles. The van der Waals surface area contributed by atoms with Gasteiger partial charge in [-0.05, 0) is 36.5 Å². The topological polar surface area (TPSA) is 16.1 Å². The van der Waals surface area contributed by atoms with Crippen molar-refractivity contribution in [1.82, 2.24) is 9.88 Å². The lowest BCUT2D eigenvalue weighted by atomic mass is 9.91. The number of nitrogens with zero attached hydrogens (tertiary/aromatic N) is 2. The van der Waals surface area contributed by atoms with Crippen LogP contribution >= 0.6 is 0 Å². The largest absolute Gasteiger partial charge is 0.296 e. The Morgan fingerprint density at radius 2 is 2.00 bits per heavy atom. The van der Waals surface area contributed by atoms with Gasteiger partial charge in [0.15, 0.2) is 0 Å². The van der Waals surface area contributed by atoms with Crippen LogP contribution in [0.25, 0.3) is 0 Å². The standard InChI is InChI=1S/C14H20N2/c1-2-4-14(5-3-1)16-9-7-12-10-15-8-6-13(12)11-16/h6,8,10,14H,1-5,7,9,11H2. The van der Waals surface area contributed by atoms with Crippen LogP contribution in [0.1, 0.15) is 43.2 Å². The van der Waals surface area contributed by atoms with Crippen molar-refractivity contribution in [2.75, 3.05) is 6.54 Å². The summed E-state index contributed by atoms with van der Waals surface area (Å²) >= 11 is 0. The summed E-state index contributed by atoms with van der Waals surface area (Å²) in [5, 5.41) is 0. The number of aromatic nitrogens is 1. The van der Waals surface area contributed by atoms with Gasteiger partial charge in [0.1, 0.15) is 0 Å². The molecule has 1 fully saturated rings. The van der Waals surface area contributed by atoms with Crippen molar-refractivity contribution in [3.63, 3.8) is 0 Å². The Labute approximate surface area is 97.7 Å². The quantitative estimate of drug-likeness (QED) is 0.717. The molecule has 16 heavy (non-hydrogen) atoms. The Kier molecular flexibility index (Phi) is 2.92. The molecule has 0 N–H and O–H groups in total. The maximum Gasteiger partial charge on any atom is 0.0303 e. The minimum atomic E-state index is 0.857. The van der Waals surface area contributed by atoms with Gasteiger partial charge in [0.2, 0.25) is 0 Å². The van der Waals surface area contributed by atoms with Crippen molar-refractivity contribution in [2.45, 2.75) is 51.1 Å². The summed E-state index contributed by atoms with van der Waals surface area (Å²) in [5.74, 6) is 0. The van der Waals surface area contributed by atoms with E-state index in [-0.39, 0.29) is 0 Å². The first-order valence-corrected chi connectivity index (χ1v) is 6.59. The highest BCUT2D eigenvalue weighted by Crippen LogP contribution is 2.27. The molecule has 0 aromatic carbocycles. The van der Waals surface area contributed by atoms with Gasteiger partial charge in [-0.1, -0.05) is 19.3 Å². The molecule has 1 aliphatic carbocycles. The second kappa shape index (κ2) is 4.54. The minimum absolute atomic E-state index is 0.857. The molecule has 2 heteroatoms. The number of hydrogen-bond donors (Lipinski definition) is 0. The van der Waals surface area contributed by atoms with Crippen LogP contribution in [-0.2, 0) is 13.0 Å². The van der Waals surface area contributed by atoms with Crippen LogP contribution in [0, 0.1) is 0 Å². The lowest BCUT2D eigenvalue weighted by Gasteiger charge is -2.37. The molecule has 86 valence electrons. The third kappa shape index (κ3) is 1.99. The first-order valence-electron chi connectivity index (χ1n) is 6.59. The Hall–Kier alpha value is -0.890. The van der Waals surface area contributed by atoms with Crippen LogP contribution in [0.5, 0.6) is 0 Å². The molecule has 3 rings (SSSR count). The highest BCUT2D eigenvalue weighted by molar-refractivity contribution is 5.25. The third-order valence-electron chi connectivity index (χ3n) is 4.14. The molecule has 0 spiro atoms. The maximum absolute atomic E-state index is 4.22. The molecule has 1 aromatic rings. The van der Waals surface area contributed by atoms with E-state index in [0.29, 0.717) is 0 Å². The zero-order valence-corrected chi connectivity index (χ0v) is 9.86. The zero-order valence-electron chi connectivity index (χ0n) is 9.86. The SMILES string of the molecule is c1cc2c(cn1)CCN(C1CCCCC1)C2. The molecule has 2 aliphatic rings. The first kappa shape index (κ1) is 10.3. The van der Waals surface area contributed by atoms with E-state index in [9.17, 15) is 0 Å². The Bertz CT molecular complexity index is 356. The summed E-state index contributed by atoms with van der Waals surface area (Å²) in [6.07, 6.45) is 12.3. The lowest BCUT2D eigenvalue weighted by molar-refractivity contribution is 0.141. The molecule has 0 atom stereocenters. The van der Waals surface area contributed by atoms with E-state index in [1.54, 1.807) is 0 Å². The van der Waals surface area contributed by atoms with Crippen molar-refractivity contribution in [3.8, 4) is 0 Å². The summed E-state index contributed by atoms with van der Waals surface area (Å²) < 4.78 is 0. The third-order valence-corrected chi connectivity index (χ3v) is 4.14. The fourth-order valence-corrected chi connectivity index (χ4v) is 3.16. The smallest absolute Gasteiger partial charge is 0.0303 e. The van der Waals surface area contributed by atoms with Crippen molar-refractivity contribution < 1.29 is 0 Å². The number of hydrogen-bond acceptors (Lipinski definition) is 2. The van der Waals surface area contributed by atoms with Crippen LogP contribution < -0.4 is 0 Å². The molecular weight excluding hydrogens is 196 g/mol. The maximum atomic E-state index is 4.22. The van der Waals surface area contributed by atoms with Gasteiger partial charge in [0, 0.05) is 31.5 Å². The highest BCUT2D eigenvalue weighted by Gasteiger charge is 2.24. The van der Waals surface area contributed by atoms with Crippen molar-refractivity contribution >= 4 is 0 Å². The molecule has 0 bridgehead atoms. The predicted octanol–water partition coefficient (Wildman–Crippen LogP) is 2.77. The molecule has 0 unspecified atom stereocenters. The fraction of sp³-hybridized carbons (Fsp3) is 0.643. The first-order chi connectivity index (χ1) is 7.93. The van der Waals surface area contributed by atoms with Gasteiger partial charge in [0.25, 0.3) is 0 Å². The van der Waals surface area contributed by atoms with Gasteiger partial charge in [0.05, 0.1) is 0 Å². The van der Waals surface area contributed by atoms with Gasteiger partial charge < -0.3 is 0 Å². The summed E-state index contributed by atoms with van der Waals surface area (Å²) in [5.41, 5.74) is 2.97. The average molecular weight is 216 g/mol. The highest BCUT2D eigenvalue weighted by atomic mass is 15.2. The summed E-state index contributed by atoms with van der Waals surface area (Å²) in [6, 6.07) is 3.06. The van der Waals surface area contributed by atoms with Crippen molar-refractivity contribution in [3.05, 3.63) is 29.6 Å². The van der Waals surface area contributed by atoms with Crippen molar-refractivity contribution in [1.29, 1.82) is 0 Å². The monoisotopic (exact) mass is 216 g/mol. The molecule has 2 heterocycles. The van der Waals surface area contributed by atoms with E-state index in [1.165, 1.54) is 56.2 Å². The average Bonchev–Trinajstić information content (AvgIpc) is 2.39. The van der Waals surface area contributed by atoms with E-state index in [0.717, 1.165) is 12.6 Å². The van der Waals surface area contributed by atoms with E-state index in [4.69, 9.17) is 0 Å². The van der Waals surface area contributed by atoms with E-state index in [2.05, 4.69) is 16.0 Å². The van der Waals surface area contributed by atoms with Crippen LogP contribution in [0.3, 0.4) is 0 Å². The predicted molar refractivity (Wildman–Crippen MR) is 65.2 cm³/mol. The normalized spacial score (nSPS) is 23.0. The lowest BCUT2D eigenvalue weighted by Crippen LogP contribution is -2.40. The van der Waals surface area contributed by atoms with Gasteiger partial charge in [-0.25, -0.2) is 0 Å². The van der Waals surface area contributed by atoms with Crippen LogP contribution in [-0.4, -0.2) is 22.5 Å². The fourth-order valence-electron chi connectivity index (χ4n) is 3.16. The molecular formula is C14H20N2. The Balaban J connectivity index is 1.72. The van der Waals surface area contributed by atoms with Crippen LogP contribution in [0.15, 0.2) is 18.5 Å². The Morgan fingerprint density at radius 1 is 1.12 bits per heavy atom. The van der Waals surface area contributed by atoms with E-state index in [1.807, 2.05) is 12.4 Å². The van der Waals surface area contributed by atoms with E-state index < -0.39 is 0 Å². The second-order valence-corrected chi connectivity index (χ2v) is 5.16. The minimum Gasteiger partial charge on any atom is -0.296 e. The summed E-state index contributed by atoms with van der Waals surface area (Å²) in [6.45, 7) is 2.39. The molecule has 0 radical (unpaired) electrons. The molecule has 1 aliphatic heterocycles. The van der Waals surface area contributed by atoms with Crippen LogP contribution in [0.2, 0.25) is 0 Å². The number of rotatable bonds is 1. The van der Waals surface area contributed by atoms with E-state index >= 15 is 0 Å². The van der Waals surface area contributed by atoms with Gasteiger partial charge >= 0.3 is 0 Å². The molecule has 2 nitrogen and oxygen atoms in total. The number of fused-ring (bicyclic) bond motifs is 1. The molecule has 1 aromatic heterocycles. The second-order valence-electron chi connectivity index (χ2n) is 5.16. The van der Waals surface area contributed by atoms with Crippen molar-refractivity contribution in [2.24, 2.45) is 0 Å². The molecule has 1 saturated carbocycles. The van der Waals surface area contributed by atoms with Gasteiger partial charge in [-0.3, -0.25) is 9.88 Å². The van der Waals surface area contributed by atoms with Gasteiger partial charge in [-0.2, -0.15) is 0 Å². The zero-order chi connectivity index (χ0) is 10.8. The Morgan fingerprint density at radius 3 is 2.88 bits per heavy atom. The number of pyridine rings is 1. The van der Waals surface area contributed by atoms with Crippen LogP contribution in [0.4, 0.5) is 0 Å². The summed E-state index contributed by atoms with van der Waals surface area (Å²) in [7, 11) is 0. The van der Waals surface area contributed by atoms with Gasteiger partial charge in [-0.15, -0.1) is 0 Å². The molecule has 0 amide bonds. The summed E-state index contributed by atoms with van der Waals surface area (Å²) in [4.78, 5) is 6.91.